The number of fused-ring (bicyclic) bond motifs is 1. The summed E-state index contributed by atoms with van der Waals surface area (Å²) >= 11 is 1.25. The number of aromatic nitrogens is 4. The average Bonchev–Trinajstić information content (AvgIpc) is 3.35. The zero-order valence-electron chi connectivity index (χ0n) is 13.8. The van der Waals surface area contributed by atoms with Crippen LogP contribution in [0.25, 0.3) is 10.2 Å². The molecule has 0 saturated carbocycles. The van der Waals surface area contributed by atoms with E-state index in [0.717, 1.165) is 0 Å². The summed E-state index contributed by atoms with van der Waals surface area (Å²) in [5.41, 5.74) is 0.841. The Kier molecular flexibility index (Phi) is 4.21. The molecule has 4 rings (SSSR count). The third kappa shape index (κ3) is 3.21. The highest BCUT2D eigenvalue weighted by molar-refractivity contribution is 7.22. The van der Waals surface area contributed by atoms with Crippen LogP contribution in [0.5, 0.6) is 0 Å². The minimum absolute atomic E-state index is 0.202. The number of benzene rings is 1. The molecule has 0 aliphatic rings. The number of rotatable bonds is 5. The largest absolute Gasteiger partial charge is 0.361 e. The maximum absolute atomic E-state index is 13.5. The minimum Gasteiger partial charge on any atom is -0.361 e. The van der Waals surface area contributed by atoms with Crippen LogP contribution in [0.3, 0.4) is 0 Å². The van der Waals surface area contributed by atoms with Crippen molar-refractivity contribution < 1.29 is 13.7 Å². The van der Waals surface area contributed by atoms with Gasteiger partial charge >= 0.3 is 0 Å². The van der Waals surface area contributed by atoms with Crippen molar-refractivity contribution in [2.75, 3.05) is 11.4 Å². The quantitative estimate of drug-likeness (QED) is 0.538. The predicted octanol–water partition coefficient (Wildman–Crippen LogP) is 3.28. The zero-order valence-corrected chi connectivity index (χ0v) is 14.6. The molecule has 1 aromatic carbocycles. The lowest BCUT2D eigenvalue weighted by Crippen LogP contribution is -2.34. The number of amides is 1. The number of carbonyl (C=O) groups excluding carboxylic acids is 1. The summed E-state index contributed by atoms with van der Waals surface area (Å²) in [6.07, 6.45) is 3.49. The average molecular weight is 371 g/mol. The fraction of sp³-hybridized carbons (Fsp3) is 0.176. The smallest absolute Gasteiger partial charge is 0.282 e. The minimum atomic E-state index is -0.339. The van der Waals surface area contributed by atoms with Gasteiger partial charge in [-0.2, -0.15) is 5.10 Å². The van der Waals surface area contributed by atoms with Crippen molar-refractivity contribution in [3.63, 3.8) is 0 Å². The summed E-state index contributed by atoms with van der Waals surface area (Å²) in [4.78, 5) is 18.9. The Labute approximate surface area is 151 Å². The Bertz CT molecular complexity index is 1060. The lowest BCUT2D eigenvalue weighted by atomic mass is 10.3. The molecule has 0 radical (unpaired) electrons. The predicted molar refractivity (Wildman–Crippen MR) is 94.7 cm³/mol. The second kappa shape index (κ2) is 6.68. The van der Waals surface area contributed by atoms with Gasteiger partial charge in [0.05, 0.1) is 16.8 Å². The number of carbonyl (C=O) groups is 1. The van der Waals surface area contributed by atoms with Gasteiger partial charge in [0.15, 0.2) is 10.8 Å². The molecule has 3 aromatic heterocycles. The number of halogens is 1. The summed E-state index contributed by atoms with van der Waals surface area (Å²) in [6, 6.07) is 7.75. The molecule has 0 bridgehead atoms. The maximum Gasteiger partial charge on any atom is 0.282 e. The second-order valence-electron chi connectivity index (χ2n) is 5.66. The summed E-state index contributed by atoms with van der Waals surface area (Å²) in [6.45, 7) is 2.55. The van der Waals surface area contributed by atoms with Crippen molar-refractivity contribution >= 4 is 32.6 Å². The van der Waals surface area contributed by atoms with Gasteiger partial charge in [-0.05, 0) is 31.2 Å². The lowest BCUT2D eigenvalue weighted by molar-refractivity contribution is 0.0977. The Morgan fingerprint density at radius 1 is 1.38 bits per heavy atom. The molecule has 7 nitrogen and oxygen atoms in total. The topological polar surface area (TPSA) is 77.1 Å². The van der Waals surface area contributed by atoms with Crippen molar-refractivity contribution in [1.82, 2.24) is 19.9 Å². The van der Waals surface area contributed by atoms with E-state index in [2.05, 4.69) is 15.2 Å². The molecule has 132 valence electrons. The number of hydrogen-bond acceptors (Lipinski definition) is 6. The normalized spacial score (nSPS) is 11.2. The van der Waals surface area contributed by atoms with Crippen LogP contribution in [0.2, 0.25) is 0 Å². The van der Waals surface area contributed by atoms with Crippen molar-refractivity contribution in [2.24, 2.45) is 0 Å². The van der Waals surface area contributed by atoms with E-state index in [1.165, 1.54) is 28.4 Å². The highest BCUT2D eigenvalue weighted by Crippen LogP contribution is 2.30. The van der Waals surface area contributed by atoms with E-state index in [-0.39, 0.29) is 17.4 Å². The van der Waals surface area contributed by atoms with Gasteiger partial charge in [0.2, 0.25) is 0 Å². The molecule has 0 aliphatic heterocycles. The van der Waals surface area contributed by atoms with Gasteiger partial charge in [-0.3, -0.25) is 14.4 Å². The molecule has 9 heteroatoms. The van der Waals surface area contributed by atoms with Gasteiger partial charge in [-0.1, -0.05) is 16.5 Å². The van der Waals surface area contributed by atoms with Crippen molar-refractivity contribution in [3.8, 4) is 0 Å². The third-order valence-electron chi connectivity index (χ3n) is 3.77. The first kappa shape index (κ1) is 16.4. The molecule has 0 aliphatic carbocycles. The molecular weight excluding hydrogens is 357 g/mol. The third-order valence-corrected chi connectivity index (χ3v) is 4.82. The van der Waals surface area contributed by atoms with Gasteiger partial charge in [0.1, 0.15) is 11.6 Å². The molecule has 0 fully saturated rings. The molecule has 0 spiro atoms. The van der Waals surface area contributed by atoms with Crippen LogP contribution < -0.4 is 4.90 Å². The first-order valence-corrected chi connectivity index (χ1v) is 8.70. The molecule has 0 saturated heterocycles. The highest BCUT2D eigenvalue weighted by atomic mass is 32.1. The van der Waals surface area contributed by atoms with Gasteiger partial charge < -0.3 is 4.52 Å². The Morgan fingerprint density at radius 3 is 3.00 bits per heavy atom. The molecule has 4 aromatic rings. The second-order valence-corrected chi connectivity index (χ2v) is 6.67. The van der Waals surface area contributed by atoms with E-state index >= 15 is 0 Å². The van der Waals surface area contributed by atoms with E-state index in [0.29, 0.717) is 34.2 Å². The van der Waals surface area contributed by atoms with Gasteiger partial charge in [0.25, 0.3) is 5.91 Å². The van der Waals surface area contributed by atoms with Crippen LogP contribution in [0.4, 0.5) is 9.52 Å². The fourth-order valence-corrected chi connectivity index (χ4v) is 3.54. The number of hydrogen-bond donors (Lipinski definition) is 0. The van der Waals surface area contributed by atoms with Crippen LogP contribution in [0.15, 0.2) is 47.2 Å². The van der Waals surface area contributed by atoms with E-state index in [4.69, 9.17) is 4.52 Å². The first-order chi connectivity index (χ1) is 12.6. The molecule has 3 heterocycles. The van der Waals surface area contributed by atoms with Crippen LogP contribution >= 0.6 is 11.3 Å². The maximum atomic E-state index is 13.5. The number of aryl methyl sites for hydroxylation is 1. The van der Waals surface area contributed by atoms with Crippen LogP contribution in [-0.4, -0.2) is 32.4 Å². The van der Waals surface area contributed by atoms with Crippen molar-refractivity contribution in [1.29, 1.82) is 0 Å². The zero-order chi connectivity index (χ0) is 18.1. The SMILES string of the molecule is Cc1cc(C(=O)N(CCn2cccn2)c2nc3ccc(F)cc3s2)no1. The van der Waals surface area contributed by atoms with Gasteiger partial charge in [-0.15, -0.1) is 0 Å². The van der Waals surface area contributed by atoms with E-state index in [1.54, 1.807) is 29.9 Å². The summed E-state index contributed by atoms with van der Waals surface area (Å²) in [7, 11) is 0. The Morgan fingerprint density at radius 2 is 2.27 bits per heavy atom. The summed E-state index contributed by atoms with van der Waals surface area (Å²) < 4.78 is 20.9. The number of nitrogens with zero attached hydrogens (tertiary/aromatic N) is 5. The molecule has 26 heavy (non-hydrogen) atoms. The highest BCUT2D eigenvalue weighted by Gasteiger charge is 2.24. The first-order valence-electron chi connectivity index (χ1n) is 7.89. The summed E-state index contributed by atoms with van der Waals surface area (Å²) in [5, 5.41) is 8.43. The van der Waals surface area contributed by atoms with E-state index in [9.17, 15) is 9.18 Å². The van der Waals surface area contributed by atoms with Crippen LogP contribution in [0, 0.1) is 12.7 Å². The van der Waals surface area contributed by atoms with Crippen LogP contribution in [-0.2, 0) is 6.54 Å². The van der Waals surface area contributed by atoms with Gasteiger partial charge in [-0.25, -0.2) is 9.37 Å². The lowest BCUT2D eigenvalue weighted by Gasteiger charge is -2.18. The van der Waals surface area contributed by atoms with E-state index < -0.39 is 0 Å². The van der Waals surface area contributed by atoms with Crippen LogP contribution in [0.1, 0.15) is 16.2 Å². The van der Waals surface area contributed by atoms with Crippen molar-refractivity contribution in [2.45, 2.75) is 13.5 Å². The molecule has 0 unspecified atom stereocenters. The fourth-order valence-electron chi connectivity index (χ4n) is 2.53. The van der Waals surface area contributed by atoms with E-state index in [1.807, 2.05) is 12.3 Å². The molecule has 0 N–H and O–H groups in total. The van der Waals surface area contributed by atoms with Crippen molar-refractivity contribution in [3.05, 3.63) is 60.0 Å². The standard InChI is InChI=1S/C17H14FN5O2S/c1-11-9-14(21-25-11)16(24)23(8-7-22-6-2-5-19-22)17-20-13-4-3-12(18)10-15(13)26-17/h2-6,9-10H,7-8H2,1H3. The number of thiazole rings is 1. The molecular formula is C17H14FN5O2S. The Hall–Kier alpha value is -3.07. The monoisotopic (exact) mass is 371 g/mol. The van der Waals surface area contributed by atoms with Gasteiger partial charge in [0, 0.05) is 25.0 Å². The molecule has 1 amide bonds. The Balaban J connectivity index is 1.69. The summed E-state index contributed by atoms with van der Waals surface area (Å²) in [5.74, 6) is -0.116. The number of anilines is 1. The molecule has 0 atom stereocenters.